The molecule has 0 spiro atoms. The van der Waals surface area contributed by atoms with Gasteiger partial charge in [-0.1, -0.05) is 0 Å². The van der Waals surface area contributed by atoms with E-state index in [9.17, 15) is 24.0 Å². The Hall–Kier alpha value is -2.45. The molecule has 1 N–H and O–H groups in total. The van der Waals surface area contributed by atoms with Gasteiger partial charge in [0.05, 0.1) is 13.0 Å². The van der Waals surface area contributed by atoms with Crippen LogP contribution in [0.25, 0.3) is 0 Å². The highest BCUT2D eigenvalue weighted by Gasteiger charge is 2.45. The van der Waals surface area contributed by atoms with E-state index < -0.39 is 5.54 Å². The maximum atomic E-state index is 11.5. The average molecular weight is 439 g/mol. The molecule has 9 heteroatoms. The molecule has 3 aliphatic heterocycles. The number of urea groups is 1. The SMILES string of the molecule is CC(C)N1C(=O)NC(C)(C)C1=O.CC(C)N1CC(=O)CC1=O.CC(C)N1CCCC1=O. The van der Waals surface area contributed by atoms with Crippen molar-refractivity contribution < 1.29 is 24.0 Å². The van der Waals surface area contributed by atoms with E-state index in [0.717, 1.165) is 19.4 Å². The second kappa shape index (κ2) is 10.7. The van der Waals surface area contributed by atoms with Crippen LogP contribution in [-0.2, 0) is 19.2 Å². The zero-order valence-electron chi connectivity index (χ0n) is 20.2. The van der Waals surface area contributed by atoms with Crippen molar-refractivity contribution in [2.45, 2.75) is 98.3 Å². The van der Waals surface area contributed by atoms with Crippen molar-refractivity contribution in [2.75, 3.05) is 13.1 Å². The van der Waals surface area contributed by atoms with Gasteiger partial charge in [0, 0.05) is 31.1 Å². The highest BCUT2D eigenvalue weighted by atomic mass is 16.2. The molecule has 3 rings (SSSR count). The fourth-order valence-electron chi connectivity index (χ4n) is 3.53. The smallest absolute Gasteiger partial charge is 0.325 e. The highest BCUT2D eigenvalue weighted by Crippen LogP contribution is 2.18. The van der Waals surface area contributed by atoms with Crippen molar-refractivity contribution >= 4 is 29.5 Å². The Morgan fingerprint density at radius 2 is 1.35 bits per heavy atom. The maximum Gasteiger partial charge on any atom is 0.325 e. The minimum Gasteiger partial charge on any atom is -0.340 e. The number of nitrogens with zero attached hydrogens (tertiary/aromatic N) is 3. The standard InChI is InChI=1S/C8H14N2O2.C7H11NO2.C7H13NO/c1-5(2)10-6(11)8(3,4)9-7(10)12;1-5(2)8-4-6(9)3-7(8)10;1-6(2)8-5-3-4-7(8)9/h5H,1-4H3,(H,9,12);5H,3-4H2,1-2H3;6H,3-5H2,1-2H3. The van der Waals surface area contributed by atoms with Gasteiger partial charge in [0.1, 0.15) is 5.54 Å². The van der Waals surface area contributed by atoms with Crippen LogP contribution in [0.4, 0.5) is 4.79 Å². The lowest BCUT2D eigenvalue weighted by molar-refractivity contribution is -0.131. The Morgan fingerprint density at radius 3 is 1.55 bits per heavy atom. The number of rotatable bonds is 3. The van der Waals surface area contributed by atoms with E-state index in [1.54, 1.807) is 18.7 Å². The van der Waals surface area contributed by atoms with E-state index in [-0.39, 0.29) is 42.1 Å². The van der Waals surface area contributed by atoms with Crippen LogP contribution in [0.5, 0.6) is 0 Å². The van der Waals surface area contributed by atoms with E-state index >= 15 is 0 Å². The molecule has 3 saturated heterocycles. The molecule has 5 amide bonds. The Morgan fingerprint density at radius 1 is 0.806 bits per heavy atom. The first-order valence-corrected chi connectivity index (χ1v) is 11.0. The molecule has 0 aromatic carbocycles. The highest BCUT2D eigenvalue weighted by molar-refractivity contribution is 6.06. The third-order valence-corrected chi connectivity index (χ3v) is 5.28. The fraction of sp³-hybridized carbons (Fsp3) is 0.773. The van der Waals surface area contributed by atoms with E-state index in [2.05, 4.69) is 19.2 Å². The number of nitrogens with one attached hydrogen (secondary N) is 1. The third kappa shape index (κ3) is 7.04. The van der Waals surface area contributed by atoms with Crippen LogP contribution in [0, 0.1) is 0 Å². The number of Topliss-reactive ketones (excluding diaryl/α,β-unsaturated/α-hetero) is 1. The van der Waals surface area contributed by atoms with Crippen LogP contribution < -0.4 is 5.32 Å². The Kier molecular flexibility index (Phi) is 9.20. The molecule has 176 valence electrons. The van der Waals surface area contributed by atoms with Crippen LogP contribution in [0.15, 0.2) is 0 Å². The van der Waals surface area contributed by atoms with Gasteiger partial charge in [-0.25, -0.2) is 4.79 Å². The molecule has 3 heterocycles. The molecule has 9 nitrogen and oxygen atoms in total. The summed E-state index contributed by atoms with van der Waals surface area (Å²) in [6.45, 7) is 16.3. The van der Waals surface area contributed by atoms with Crippen molar-refractivity contribution in [2.24, 2.45) is 0 Å². The first-order chi connectivity index (χ1) is 14.2. The van der Waals surface area contributed by atoms with E-state index in [1.807, 2.05) is 32.6 Å². The minimum atomic E-state index is -0.735. The maximum absolute atomic E-state index is 11.5. The van der Waals surface area contributed by atoms with Crippen LogP contribution in [0.2, 0.25) is 0 Å². The molecule has 0 aromatic rings. The van der Waals surface area contributed by atoms with Gasteiger partial charge in [0.25, 0.3) is 5.91 Å². The number of carbonyl (C=O) groups is 5. The van der Waals surface area contributed by atoms with Crippen molar-refractivity contribution in [3.05, 3.63) is 0 Å². The van der Waals surface area contributed by atoms with E-state index in [1.165, 1.54) is 4.90 Å². The topological polar surface area (TPSA) is 107 Å². The molecular formula is C22H38N4O5. The summed E-state index contributed by atoms with van der Waals surface area (Å²) < 4.78 is 0. The molecule has 3 fully saturated rings. The summed E-state index contributed by atoms with van der Waals surface area (Å²) >= 11 is 0. The van der Waals surface area contributed by atoms with Crippen LogP contribution in [0.1, 0.15) is 74.7 Å². The van der Waals surface area contributed by atoms with Crippen molar-refractivity contribution in [3.63, 3.8) is 0 Å². The predicted octanol–water partition coefficient (Wildman–Crippen LogP) is 1.94. The normalized spacial score (nSPS) is 20.5. The largest absolute Gasteiger partial charge is 0.340 e. The molecule has 0 radical (unpaired) electrons. The summed E-state index contributed by atoms with van der Waals surface area (Å²) in [5.74, 6) is 0.186. The third-order valence-electron chi connectivity index (χ3n) is 5.28. The van der Waals surface area contributed by atoms with Crippen molar-refractivity contribution in [1.82, 2.24) is 20.0 Å². The number of ketones is 1. The molecule has 31 heavy (non-hydrogen) atoms. The van der Waals surface area contributed by atoms with Gasteiger partial charge < -0.3 is 15.1 Å². The Balaban J connectivity index is 0.000000235. The van der Waals surface area contributed by atoms with Gasteiger partial charge in [-0.15, -0.1) is 0 Å². The number of amides is 5. The number of carbonyl (C=O) groups excluding carboxylic acids is 5. The second-order valence-corrected chi connectivity index (χ2v) is 9.44. The summed E-state index contributed by atoms with van der Waals surface area (Å²) in [5.41, 5.74) is -0.735. The molecular weight excluding hydrogens is 400 g/mol. The Labute approximate surface area is 185 Å². The van der Waals surface area contributed by atoms with Crippen molar-refractivity contribution in [3.8, 4) is 0 Å². The van der Waals surface area contributed by atoms with Gasteiger partial charge in [0.15, 0.2) is 5.78 Å². The zero-order chi connectivity index (χ0) is 24.1. The summed E-state index contributed by atoms with van der Waals surface area (Å²) in [7, 11) is 0. The van der Waals surface area contributed by atoms with Gasteiger partial charge >= 0.3 is 6.03 Å². The lowest BCUT2D eigenvalue weighted by Crippen LogP contribution is -2.41. The molecule has 0 atom stereocenters. The molecule has 0 unspecified atom stereocenters. The number of hydrogen-bond donors (Lipinski definition) is 1. The number of hydrogen-bond acceptors (Lipinski definition) is 5. The van der Waals surface area contributed by atoms with E-state index in [0.29, 0.717) is 18.5 Å². The van der Waals surface area contributed by atoms with Crippen LogP contribution in [-0.4, -0.2) is 81.0 Å². The molecule has 0 bridgehead atoms. The predicted molar refractivity (Wildman–Crippen MR) is 117 cm³/mol. The second-order valence-electron chi connectivity index (χ2n) is 9.44. The average Bonchev–Trinajstić information content (AvgIpc) is 3.25. The molecule has 0 saturated carbocycles. The van der Waals surface area contributed by atoms with Crippen molar-refractivity contribution in [1.29, 1.82) is 0 Å². The summed E-state index contributed by atoms with van der Waals surface area (Å²) in [4.78, 5) is 60.1. The summed E-state index contributed by atoms with van der Waals surface area (Å²) in [6, 6.07) is 0.207. The van der Waals surface area contributed by atoms with Gasteiger partial charge in [-0.2, -0.15) is 0 Å². The zero-order valence-corrected chi connectivity index (χ0v) is 20.2. The number of likely N-dealkylation sites (tertiary alicyclic amines) is 2. The van der Waals surface area contributed by atoms with Gasteiger partial charge in [0.2, 0.25) is 11.8 Å². The van der Waals surface area contributed by atoms with Gasteiger partial charge in [-0.05, 0) is 61.8 Å². The first-order valence-electron chi connectivity index (χ1n) is 11.0. The molecule has 3 aliphatic rings. The fourth-order valence-corrected chi connectivity index (χ4v) is 3.53. The van der Waals surface area contributed by atoms with Crippen LogP contribution in [0.3, 0.4) is 0 Å². The van der Waals surface area contributed by atoms with Gasteiger partial charge in [-0.3, -0.25) is 24.1 Å². The number of imide groups is 1. The monoisotopic (exact) mass is 438 g/mol. The molecule has 0 aromatic heterocycles. The molecule has 0 aliphatic carbocycles. The minimum absolute atomic E-state index is 0.0278. The van der Waals surface area contributed by atoms with Crippen LogP contribution >= 0.6 is 0 Å². The lowest BCUT2D eigenvalue weighted by atomic mass is 10.1. The first kappa shape index (κ1) is 26.6. The van der Waals surface area contributed by atoms with E-state index in [4.69, 9.17) is 0 Å². The summed E-state index contributed by atoms with van der Waals surface area (Å²) in [6.07, 6.45) is 1.92. The summed E-state index contributed by atoms with van der Waals surface area (Å²) in [5, 5.41) is 2.61. The Bertz CT molecular complexity index is 715. The quantitative estimate of drug-likeness (QED) is 0.535. The lowest BCUT2D eigenvalue weighted by Gasteiger charge is -2.19.